The van der Waals surface area contributed by atoms with Crippen LogP contribution in [0.15, 0.2) is 78.6 Å². The van der Waals surface area contributed by atoms with Crippen molar-refractivity contribution in [2.75, 3.05) is 26.2 Å². The number of pyridine rings is 2. The molecule has 0 saturated carbocycles. The fourth-order valence-corrected chi connectivity index (χ4v) is 10.8. The second kappa shape index (κ2) is 35.8. The van der Waals surface area contributed by atoms with Gasteiger partial charge in [-0.3, -0.25) is 28.3 Å². The third kappa shape index (κ3) is 19.3. The number of carbonyl (C=O) groups is 2. The molecule has 2 N–H and O–H groups in total. The average Bonchev–Trinajstić information content (AvgIpc) is 3.53. The maximum atomic E-state index is 14.3. The fraction of sp³-hybridized carbons (Fsp3) is 0.606. The molecule has 16 heteroatoms. The molecule has 0 aliphatic carbocycles. The van der Waals surface area contributed by atoms with Crippen molar-refractivity contribution in [2.24, 2.45) is 44.1 Å². The van der Waals surface area contributed by atoms with Crippen LogP contribution in [-0.4, -0.2) is 67.1 Å². The number of hydrogen-bond donors (Lipinski definition) is 2. The Bertz CT molecular complexity index is 2710. The first-order valence-corrected chi connectivity index (χ1v) is 30.9. The summed E-state index contributed by atoms with van der Waals surface area (Å²) in [4.78, 5) is 64.2. The molecule has 4 rings (SSSR count). The quantitative estimate of drug-likeness (QED) is 0.0254. The van der Waals surface area contributed by atoms with Gasteiger partial charge in [-0.15, -0.1) is 10.2 Å². The maximum absolute atomic E-state index is 14.3. The van der Waals surface area contributed by atoms with Gasteiger partial charge in [0.15, 0.2) is 11.6 Å². The molecule has 4 atom stereocenters. The largest absolute Gasteiger partial charge is 0.503 e. The molecule has 2 heterocycles. The Morgan fingerprint density at radius 2 is 0.927 bits per heavy atom. The van der Waals surface area contributed by atoms with E-state index >= 15 is 0 Å². The van der Waals surface area contributed by atoms with E-state index in [0.717, 1.165) is 112 Å². The van der Waals surface area contributed by atoms with E-state index in [-0.39, 0.29) is 58.7 Å². The van der Waals surface area contributed by atoms with Crippen LogP contribution in [0.2, 0.25) is 0 Å². The lowest BCUT2D eigenvalue weighted by Gasteiger charge is -2.31. The third-order valence-corrected chi connectivity index (χ3v) is 16.4. The van der Waals surface area contributed by atoms with Crippen molar-refractivity contribution in [3.63, 3.8) is 0 Å². The molecule has 0 aliphatic rings. The monoisotopic (exact) mass is 1120 g/mol. The highest BCUT2D eigenvalue weighted by Crippen LogP contribution is 2.36. The third-order valence-electron chi connectivity index (χ3n) is 16.4. The van der Waals surface area contributed by atoms with Crippen molar-refractivity contribution < 1.29 is 19.8 Å². The normalized spacial score (nSPS) is 13.0. The second-order valence-corrected chi connectivity index (χ2v) is 22.5. The van der Waals surface area contributed by atoms with Gasteiger partial charge in [0.05, 0.1) is 17.9 Å². The summed E-state index contributed by atoms with van der Waals surface area (Å²) in [6.07, 6.45) is 19.0. The molecule has 0 spiro atoms. The van der Waals surface area contributed by atoms with Crippen molar-refractivity contribution in [2.45, 2.75) is 211 Å². The highest BCUT2D eigenvalue weighted by molar-refractivity contribution is 5.95. The summed E-state index contributed by atoms with van der Waals surface area (Å²) in [5.41, 5.74) is 0.429. The van der Waals surface area contributed by atoms with Gasteiger partial charge in [0.2, 0.25) is 11.6 Å². The summed E-state index contributed by atoms with van der Waals surface area (Å²) in [6.45, 7) is 31.3. The summed E-state index contributed by atoms with van der Waals surface area (Å²) >= 11 is 0. The Morgan fingerprint density at radius 1 is 0.561 bits per heavy atom. The van der Waals surface area contributed by atoms with Gasteiger partial charge in [0.25, 0.3) is 22.9 Å². The molecular formula is C66H96N10O6. The molecule has 2 aromatic heterocycles. The van der Waals surface area contributed by atoms with Crippen LogP contribution in [0.25, 0.3) is 4.85 Å². The first-order valence-electron chi connectivity index (χ1n) is 30.9. The van der Waals surface area contributed by atoms with Gasteiger partial charge < -0.3 is 20.0 Å². The van der Waals surface area contributed by atoms with Crippen LogP contribution in [0.4, 0.5) is 28.4 Å². The topological polar surface area (TPSA) is 203 Å². The van der Waals surface area contributed by atoms with E-state index < -0.39 is 22.9 Å². The SMILES string of the molecule is [C-]#[N+]c1c(C)c(N=Nc2cccc(C(=O)N(CC(CC)CCCC)CC(CC)CCCC)c2)c(=O)n(CCCCCCn2c(O)c(C#N)c(C)c(N=Nc3cccc(C(=O)N(CC(CC)CCCC)CC(CC)CCCC)c3)c2=O)c1O. The van der Waals surface area contributed by atoms with Gasteiger partial charge in [-0.2, -0.15) is 15.5 Å². The second-order valence-electron chi connectivity index (χ2n) is 22.5. The number of benzene rings is 2. The molecule has 0 saturated heterocycles. The zero-order valence-corrected chi connectivity index (χ0v) is 51.3. The van der Waals surface area contributed by atoms with Gasteiger partial charge >= 0.3 is 0 Å². The van der Waals surface area contributed by atoms with E-state index in [1.54, 1.807) is 62.4 Å². The van der Waals surface area contributed by atoms with E-state index in [2.05, 4.69) is 80.7 Å². The Kier molecular flexibility index (Phi) is 29.5. The predicted octanol–water partition coefficient (Wildman–Crippen LogP) is 17.3. The van der Waals surface area contributed by atoms with Gasteiger partial charge in [-0.1, -0.05) is 157 Å². The van der Waals surface area contributed by atoms with Crippen LogP contribution in [0.1, 0.15) is 221 Å². The van der Waals surface area contributed by atoms with Crippen molar-refractivity contribution in [3.8, 4) is 17.8 Å². The molecular weight excluding hydrogens is 1030 g/mol. The number of nitriles is 1. The maximum Gasteiger partial charge on any atom is 0.281 e. The molecule has 4 unspecified atom stereocenters. The summed E-state index contributed by atoms with van der Waals surface area (Å²) < 4.78 is 2.24. The van der Waals surface area contributed by atoms with Crippen LogP contribution in [0, 0.1) is 55.4 Å². The fourth-order valence-electron chi connectivity index (χ4n) is 10.8. The van der Waals surface area contributed by atoms with Gasteiger partial charge in [0.1, 0.15) is 17.3 Å². The minimum Gasteiger partial charge on any atom is -0.503 e. The molecule has 0 aliphatic heterocycles. The van der Waals surface area contributed by atoms with Crippen LogP contribution >= 0.6 is 0 Å². The summed E-state index contributed by atoms with van der Waals surface area (Å²) in [5.74, 6) is 0.521. The van der Waals surface area contributed by atoms with E-state index in [4.69, 9.17) is 6.57 Å². The number of unbranched alkanes of at least 4 members (excludes halogenated alkanes) is 7. The van der Waals surface area contributed by atoms with E-state index in [9.17, 15) is 34.7 Å². The van der Waals surface area contributed by atoms with Crippen LogP contribution < -0.4 is 11.1 Å². The van der Waals surface area contributed by atoms with Crippen molar-refractivity contribution >= 4 is 40.3 Å². The van der Waals surface area contributed by atoms with Crippen LogP contribution in [0.5, 0.6) is 11.8 Å². The van der Waals surface area contributed by atoms with Gasteiger partial charge in [0, 0.05) is 56.0 Å². The average molecular weight is 1130 g/mol. The zero-order valence-electron chi connectivity index (χ0n) is 51.3. The predicted molar refractivity (Wildman–Crippen MR) is 330 cm³/mol. The summed E-state index contributed by atoms with van der Waals surface area (Å²) in [7, 11) is 0. The van der Waals surface area contributed by atoms with E-state index in [0.29, 0.717) is 98.0 Å². The number of rotatable bonds is 37. The summed E-state index contributed by atoms with van der Waals surface area (Å²) in [6, 6.07) is 15.9. The standard InChI is InChI=1S/C66H96N10O6/c1-12-20-30-49(16-5)43-73(44-50(17-6)31-21-13-2)61(77)53-34-28-36-55(40-53)69-71-59-47(9)57(42-67)63(79)75(65(59)81)38-26-24-25-27-39-76-64(80)58(68-11)48(10)60(66(76)82)72-70-56-37-29-35-54(41-56)62(78)74(45-51(18-7)32-22-14-3)46-52(19-8)33-23-15-4/h28-29,34-37,40-41,49-52,79-80H,12-27,30-33,38-39,43-46H2,1-10H3. The van der Waals surface area contributed by atoms with Crippen LogP contribution in [0.3, 0.4) is 0 Å². The van der Waals surface area contributed by atoms with E-state index in [1.165, 1.54) is 0 Å². The highest BCUT2D eigenvalue weighted by atomic mass is 16.3. The number of amides is 2. The lowest BCUT2D eigenvalue weighted by molar-refractivity contribution is 0.0678. The van der Waals surface area contributed by atoms with Crippen molar-refractivity contribution in [1.82, 2.24) is 18.9 Å². The molecule has 2 aromatic carbocycles. The first kappa shape index (κ1) is 67.6. The molecule has 0 radical (unpaired) electrons. The smallest absolute Gasteiger partial charge is 0.281 e. The number of aromatic hydroxyl groups is 2. The minimum absolute atomic E-state index is 0.0549. The molecule has 16 nitrogen and oxygen atoms in total. The number of hydrogen-bond acceptors (Lipinski definition) is 11. The van der Waals surface area contributed by atoms with Crippen molar-refractivity contribution in [1.29, 1.82) is 5.26 Å². The highest BCUT2D eigenvalue weighted by Gasteiger charge is 2.26. The molecule has 446 valence electrons. The first-order chi connectivity index (χ1) is 39.6. The van der Waals surface area contributed by atoms with E-state index in [1.807, 2.05) is 15.9 Å². The number of nitrogens with zero attached hydrogens (tertiary/aromatic N) is 10. The molecule has 82 heavy (non-hydrogen) atoms. The zero-order chi connectivity index (χ0) is 60.1. The summed E-state index contributed by atoms with van der Waals surface area (Å²) in [5, 5.41) is 50.0. The number of carbonyl (C=O) groups excluding carboxylic acids is 2. The number of aromatic nitrogens is 2. The molecule has 2 amide bonds. The molecule has 4 aromatic rings. The minimum atomic E-state index is -0.623. The Balaban J connectivity index is 1.51. The Hall–Kier alpha value is -6.94. The molecule has 0 bridgehead atoms. The lowest BCUT2D eigenvalue weighted by Crippen LogP contribution is -2.39. The number of azo groups is 2. The van der Waals surface area contributed by atoms with Gasteiger partial charge in [-0.05, 0) is 118 Å². The van der Waals surface area contributed by atoms with Crippen LogP contribution in [-0.2, 0) is 13.1 Å². The van der Waals surface area contributed by atoms with Crippen molar-refractivity contribution in [3.05, 3.63) is 108 Å². The lowest BCUT2D eigenvalue weighted by atomic mass is 9.95. The molecule has 0 fully saturated rings. The Morgan fingerprint density at radius 3 is 1.27 bits per heavy atom. The van der Waals surface area contributed by atoms with Gasteiger partial charge in [-0.25, -0.2) is 4.85 Å². The Labute approximate surface area is 489 Å².